The number of rotatable bonds is 5. The van der Waals surface area contributed by atoms with Crippen molar-refractivity contribution < 1.29 is 9.53 Å². The molecule has 5 nitrogen and oxygen atoms in total. The Balaban J connectivity index is 1.66. The third-order valence-corrected chi connectivity index (χ3v) is 4.61. The van der Waals surface area contributed by atoms with Crippen molar-refractivity contribution in [2.75, 3.05) is 37.7 Å². The van der Waals surface area contributed by atoms with Gasteiger partial charge in [0.05, 0.1) is 12.1 Å². The van der Waals surface area contributed by atoms with Crippen molar-refractivity contribution in [3.63, 3.8) is 0 Å². The molecule has 0 radical (unpaired) electrons. The molecule has 1 aliphatic heterocycles. The molecule has 128 valence electrons. The van der Waals surface area contributed by atoms with Gasteiger partial charge in [0, 0.05) is 31.6 Å². The first-order chi connectivity index (χ1) is 11.7. The summed E-state index contributed by atoms with van der Waals surface area (Å²) in [6.07, 6.45) is 0.785. The SMILES string of the molecule is CCOC(=O)[C@@H](CC)N1CCN(c2ccc3ccccc3n2)CC1. The van der Waals surface area contributed by atoms with Crippen LogP contribution in [0.25, 0.3) is 10.9 Å². The second-order valence-corrected chi connectivity index (χ2v) is 6.06. The first-order valence-electron chi connectivity index (χ1n) is 8.74. The lowest BCUT2D eigenvalue weighted by atomic mass is 10.1. The summed E-state index contributed by atoms with van der Waals surface area (Å²) in [5.74, 6) is 0.912. The highest BCUT2D eigenvalue weighted by atomic mass is 16.5. The van der Waals surface area contributed by atoms with E-state index in [0.717, 1.165) is 49.3 Å². The fraction of sp³-hybridized carbons (Fsp3) is 0.474. The molecule has 1 atom stereocenters. The third kappa shape index (κ3) is 3.51. The van der Waals surface area contributed by atoms with Gasteiger partial charge in [-0.15, -0.1) is 0 Å². The molecular weight excluding hydrogens is 302 g/mol. The lowest BCUT2D eigenvalue weighted by Gasteiger charge is -2.38. The van der Waals surface area contributed by atoms with E-state index in [1.807, 2.05) is 32.0 Å². The van der Waals surface area contributed by atoms with Crippen LogP contribution in [0, 0.1) is 0 Å². The van der Waals surface area contributed by atoms with Crippen molar-refractivity contribution in [3.05, 3.63) is 36.4 Å². The van der Waals surface area contributed by atoms with Gasteiger partial charge in [0.2, 0.25) is 0 Å². The van der Waals surface area contributed by atoms with E-state index in [-0.39, 0.29) is 12.0 Å². The van der Waals surface area contributed by atoms with Crippen LogP contribution < -0.4 is 4.90 Å². The van der Waals surface area contributed by atoms with E-state index in [9.17, 15) is 4.79 Å². The number of anilines is 1. The predicted octanol–water partition coefficient (Wildman–Crippen LogP) is 2.70. The van der Waals surface area contributed by atoms with E-state index in [2.05, 4.69) is 28.0 Å². The molecule has 24 heavy (non-hydrogen) atoms. The van der Waals surface area contributed by atoms with Gasteiger partial charge in [0.25, 0.3) is 0 Å². The van der Waals surface area contributed by atoms with Gasteiger partial charge in [-0.1, -0.05) is 25.1 Å². The van der Waals surface area contributed by atoms with Crippen LogP contribution in [0.4, 0.5) is 5.82 Å². The molecule has 0 aliphatic carbocycles. The average Bonchev–Trinajstić information content (AvgIpc) is 2.63. The number of benzene rings is 1. The number of ether oxygens (including phenoxy) is 1. The maximum atomic E-state index is 12.1. The van der Waals surface area contributed by atoms with Crippen molar-refractivity contribution in [1.29, 1.82) is 0 Å². The third-order valence-electron chi connectivity index (χ3n) is 4.61. The zero-order valence-corrected chi connectivity index (χ0v) is 14.4. The Bertz CT molecular complexity index is 696. The lowest BCUT2D eigenvalue weighted by Crippen LogP contribution is -2.53. The monoisotopic (exact) mass is 327 g/mol. The van der Waals surface area contributed by atoms with Gasteiger partial charge in [-0.25, -0.2) is 4.98 Å². The number of nitrogens with zero attached hydrogens (tertiary/aromatic N) is 3. The Morgan fingerprint density at radius 1 is 1.12 bits per heavy atom. The van der Waals surface area contributed by atoms with Crippen molar-refractivity contribution in [2.24, 2.45) is 0 Å². The highest BCUT2D eigenvalue weighted by molar-refractivity contribution is 5.80. The Morgan fingerprint density at radius 3 is 2.58 bits per heavy atom. The normalized spacial score (nSPS) is 17.0. The van der Waals surface area contributed by atoms with Gasteiger partial charge in [-0.05, 0) is 31.5 Å². The molecule has 2 heterocycles. The van der Waals surface area contributed by atoms with E-state index in [1.54, 1.807) is 0 Å². The first-order valence-corrected chi connectivity index (χ1v) is 8.74. The fourth-order valence-electron chi connectivity index (χ4n) is 3.31. The molecule has 0 saturated carbocycles. The van der Waals surface area contributed by atoms with Crippen molar-refractivity contribution >= 4 is 22.7 Å². The van der Waals surface area contributed by atoms with E-state index < -0.39 is 0 Å². The van der Waals surface area contributed by atoms with E-state index in [0.29, 0.717) is 6.61 Å². The first kappa shape index (κ1) is 16.7. The van der Waals surface area contributed by atoms with Crippen molar-refractivity contribution in [1.82, 2.24) is 9.88 Å². The number of piperazine rings is 1. The largest absolute Gasteiger partial charge is 0.465 e. The van der Waals surface area contributed by atoms with Crippen LogP contribution >= 0.6 is 0 Å². The maximum Gasteiger partial charge on any atom is 0.323 e. The van der Waals surface area contributed by atoms with Crippen LogP contribution in [0.2, 0.25) is 0 Å². The molecule has 0 unspecified atom stereocenters. The van der Waals surface area contributed by atoms with Crippen LogP contribution in [0.15, 0.2) is 36.4 Å². The average molecular weight is 327 g/mol. The van der Waals surface area contributed by atoms with E-state index in [4.69, 9.17) is 9.72 Å². The number of hydrogen-bond acceptors (Lipinski definition) is 5. The summed E-state index contributed by atoms with van der Waals surface area (Å²) in [6.45, 7) is 7.79. The van der Waals surface area contributed by atoms with Crippen LogP contribution in [-0.4, -0.2) is 54.7 Å². The molecule has 0 spiro atoms. The minimum atomic E-state index is -0.128. The number of para-hydroxylation sites is 1. The molecule has 1 aromatic carbocycles. The molecule has 0 N–H and O–H groups in total. The zero-order valence-electron chi connectivity index (χ0n) is 14.4. The summed E-state index contributed by atoms with van der Waals surface area (Å²) < 4.78 is 5.20. The van der Waals surface area contributed by atoms with Crippen LogP contribution in [0.1, 0.15) is 20.3 Å². The number of esters is 1. The molecule has 0 amide bonds. The molecule has 1 aliphatic rings. The predicted molar refractivity (Wildman–Crippen MR) is 96.2 cm³/mol. The minimum Gasteiger partial charge on any atom is -0.465 e. The summed E-state index contributed by atoms with van der Waals surface area (Å²) in [5.41, 5.74) is 1.02. The smallest absolute Gasteiger partial charge is 0.323 e. The summed E-state index contributed by atoms with van der Waals surface area (Å²) >= 11 is 0. The molecule has 3 rings (SSSR count). The Morgan fingerprint density at radius 2 is 1.88 bits per heavy atom. The Labute approximate surface area is 143 Å². The number of carbonyl (C=O) groups is 1. The Kier molecular flexibility index (Phi) is 5.30. The second-order valence-electron chi connectivity index (χ2n) is 6.06. The molecule has 5 heteroatoms. The van der Waals surface area contributed by atoms with Crippen molar-refractivity contribution in [3.8, 4) is 0 Å². The standard InChI is InChI=1S/C19H25N3O2/c1-3-17(19(23)24-4-2)21-11-13-22(14-12-21)18-10-9-15-7-5-6-8-16(15)20-18/h5-10,17H,3-4,11-14H2,1-2H3/t17-/m1/s1. The minimum absolute atomic E-state index is 0.0997. The number of carbonyl (C=O) groups excluding carboxylic acids is 1. The molecule has 2 aromatic rings. The quantitative estimate of drug-likeness (QED) is 0.790. The van der Waals surface area contributed by atoms with E-state index >= 15 is 0 Å². The molecular formula is C19H25N3O2. The summed E-state index contributed by atoms with van der Waals surface area (Å²) in [6, 6.07) is 12.2. The topological polar surface area (TPSA) is 45.7 Å². The summed E-state index contributed by atoms with van der Waals surface area (Å²) in [7, 11) is 0. The molecule has 1 fully saturated rings. The number of fused-ring (bicyclic) bond motifs is 1. The van der Waals surface area contributed by atoms with Crippen LogP contribution in [0.3, 0.4) is 0 Å². The number of hydrogen-bond donors (Lipinski definition) is 0. The van der Waals surface area contributed by atoms with Gasteiger partial charge < -0.3 is 9.64 Å². The second kappa shape index (κ2) is 7.62. The van der Waals surface area contributed by atoms with Gasteiger partial charge >= 0.3 is 5.97 Å². The Hall–Kier alpha value is -2.14. The lowest BCUT2D eigenvalue weighted by molar-refractivity contribution is -0.149. The molecule has 1 saturated heterocycles. The molecule has 1 aromatic heterocycles. The van der Waals surface area contributed by atoms with E-state index in [1.165, 1.54) is 0 Å². The summed E-state index contributed by atoms with van der Waals surface area (Å²) in [5, 5.41) is 1.16. The summed E-state index contributed by atoms with van der Waals surface area (Å²) in [4.78, 5) is 21.4. The van der Waals surface area contributed by atoms with Gasteiger partial charge in [-0.2, -0.15) is 0 Å². The van der Waals surface area contributed by atoms with Gasteiger partial charge in [-0.3, -0.25) is 9.69 Å². The van der Waals surface area contributed by atoms with Crippen LogP contribution in [0.5, 0.6) is 0 Å². The van der Waals surface area contributed by atoms with Crippen LogP contribution in [-0.2, 0) is 9.53 Å². The van der Waals surface area contributed by atoms with Gasteiger partial charge in [0.1, 0.15) is 11.9 Å². The van der Waals surface area contributed by atoms with Crippen molar-refractivity contribution in [2.45, 2.75) is 26.3 Å². The van der Waals surface area contributed by atoms with Gasteiger partial charge in [0.15, 0.2) is 0 Å². The number of pyridine rings is 1. The highest BCUT2D eigenvalue weighted by Gasteiger charge is 2.29. The zero-order chi connectivity index (χ0) is 16.9. The maximum absolute atomic E-state index is 12.1. The molecule has 0 bridgehead atoms. The fourth-order valence-corrected chi connectivity index (χ4v) is 3.31. The number of aromatic nitrogens is 1. The highest BCUT2D eigenvalue weighted by Crippen LogP contribution is 2.20.